The van der Waals surface area contributed by atoms with E-state index in [1.54, 1.807) is 13.0 Å². The number of nitrogens with zero attached hydrogens (tertiary/aromatic N) is 2. The number of anilines is 1. The third-order valence-electron chi connectivity index (χ3n) is 2.56. The predicted molar refractivity (Wildman–Crippen MR) is 68.1 cm³/mol. The molecular weight excluding hydrogens is 246 g/mol. The highest BCUT2D eigenvalue weighted by molar-refractivity contribution is 6.04. The zero-order valence-electron chi connectivity index (χ0n) is 10.1. The molecule has 0 atom stereocenters. The van der Waals surface area contributed by atoms with Crippen LogP contribution >= 0.6 is 0 Å². The molecule has 0 saturated carbocycles. The van der Waals surface area contributed by atoms with Gasteiger partial charge in [-0.3, -0.25) is 4.79 Å². The predicted octanol–water partition coefficient (Wildman–Crippen LogP) is 1.74. The van der Waals surface area contributed by atoms with Crippen LogP contribution in [0.15, 0.2) is 36.9 Å². The summed E-state index contributed by atoms with van der Waals surface area (Å²) < 4.78 is 0. The van der Waals surface area contributed by atoms with Gasteiger partial charge in [0.1, 0.15) is 6.33 Å². The van der Waals surface area contributed by atoms with Crippen LogP contribution in [0.1, 0.15) is 26.3 Å². The van der Waals surface area contributed by atoms with E-state index in [0.29, 0.717) is 11.3 Å². The van der Waals surface area contributed by atoms with Gasteiger partial charge in [0.2, 0.25) is 0 Å². The highest BCUT2D eigenvalue weighted by atomic mass is 16.4. The Bertz CT molecular complexity index is 626. The molecule has 0 fully saturated rings. The fourth-order valence-corrected chi connectivity index (χ4v) is 1.50. The van der Waals surface area contributed by atoms with Gasteiger partial charge < -0.3 is 10.4 Å². The van der Waals surface area contributed by atoms with Gasteiger partial charge in [-0.1, -0.05) is 6.07 Å². The second-order valence-corrected chi connectivity index (χ2v) is 3.92. The number of benzene rings is 1. The summed E-state index contributed by atoms with van der Waals surface area (Å²) in [7, 11) is 0. The van der Waals surface area contributed by atoms with E-state index in [0.717, 1.165) is 5.56 Å². The number of aryl methyl sites for hydroxylation is 1. The van der Waals surface area contributed by atoms with Gasteiger partial charge in [-0.2, -0.15) is 0 Å². The Hall–Kier alpha value is -2.76. The van der Waals surface area contributed by atoms with Crippen molar-refractivity contribution in [3.8, 4) is 0 Å². The number of carbonyl (C=O) groups excluding carboxylic acids is 1. The molecule has 1 amide bonds. The molecule has 1 aromatic heterocycles. The van der Waals surface area contributed by atoms with Gasteiger partial charge in [-0.05, 0) is 24.6 Å². The second kappa shape index (κ2) is 5.26. The lowest BCUT2D eigenvalue weighted by Crippen LogP contribution is -2.14. The maximum atomic E-state index is 11.9. The second-order valence-electron chi connectivity index (χ2n) is 3.92. The molecule has 19 heavy (non-hydrogen) atoms. The Balaban J connectivity index is 2.26. The van der Waals surface area contributed by atoms with Crippen LogP contribution in [0.4, 0.5) is 5.69 Å². The molecule has 0 aliphatic carbocycles. The fourth-order valence-electron chi connectivity index (χ4n) is 1.50. The lowest BCUT2D eigenvalue weighted by atomic mass is 10.1. The number of hydrogen-bond acceptors (Lipinski definition) is 4. The Morgan fingerprint density at radius 3 is 2.47 bits per heavy atom. The maximum Gasteiger partial charge on any atom is 0.335 e. The first-order valence-corrected chi connectivity index (χ1v) is 5.48. The summed E-state index contributed by atoms with van der Waals surface area (Å²) in [5.74, 6) is -1.43. The summed E-state index contributed by atoms with van der Waals surface area (Å²) in [6.45, 7) is 1.78. The van der Waals surface area contributed by atoms with Gasteiger partial charge in [0.25, 0.3) is 5.91 Å². The third kappa shape index (κ3) is 2.92. The third-order valence-corrected chi connectivity index (χ3v) is 2.56. The molecule has 0 saturated heterocycles. The van der Waals surface area contributed by atoms with E-state index < -0.39 is 5.97 Å². The van der Waals surface area contributed by atoms with E-state index in [4.69, 9.17) is 5.11 Å². The number of nitrogens with one attached hydrogen (secondary N) is 1. The van der Waals surface area contributed by atoms with Gasteiger partial charge >= 0.3 is 5.97 Å². The van der Waals surface area contributed by atoms with Crippen molar-refractivity contribution in [2.24, 2.45) is 0 Å². The average Bonchev–Trinajstić information content (AvgIpc) is 2.42. The van der Waals surface area contributed by atoms with E-state index in [2.05, 4.69) is 15.3 Å². The van der Waals surface area contributed by atoms with Crippen LogP contribution < -0.4 is 5.32 Å². The van der Waals surface area contributed by atoms with Gasteiger partial charge in [-0.15, -0.1) is 0 Å². The highest BCUT2D eigenvalue weighted by Crippen LogP contribution is 2.17. The van der Waals surface area contributed by atoms with Gasteiger partial charge in [0, 0.05) is 18.1 Å². The molecule has 1 aromatic carbocycles. The van der Waals surface area contributed by atoms with Gasteiger partial charge in [-0.25, -0.2) is 14.8 Å². The number of aromatic nitrogens is 2. The summed E-state index contributed by atoms with van der Waals surface area (Å²) in [5, 5.41) is 11.6. The molecule has 0 aliphatic heterocycles. The first-order valence-electron chi connectivity index (χ1n) is 5.48. The quantitative estimate of drug-likeness (QED) is 0.873. The first-order chi connectivity index (χ1) is 9.08. The van der Waals surface area contributed by atoms with E-state index in [9.17, 15) is 9.59 Å². The number of aromatic carboxylic acids is 1. The van der Waals surface area contributed by atoms with E-state index in [1.165, 1.54) is 30.9 Å². The van der Waals surface area contributed by atoms with Crippen molar-refractivity contribution in [3.63, 3.8) is 0 Å². The van der Waals surface area contributed by atoms with Crippen LogP contribution in [0, 0.1) is 6.92 Å². The Labute approximate surface area is 109 Å². The minimum atomic E-state index is -1.04. The van der Waals surface area contributed by atoms with Crippen LogP contribution in [0.5, 0.6) is 0 Å². The van der Waals surface area contributed by atoms with Crippen LogP contribution in [0.3, 0.4) is 0 Å². The average molecular weight is 257 g/mol. The van der Waals surface area contributed by atoms with Crippen molar-refractivity contribution in [2.45, 2.75) is 6.92 Å². The number of carboxylic acids is 1. The monoisotopic (exact) mass is 257 g/mol. The number of carbonyl (C=O) groups is 2. The number of hydrogen-bond donors (Lipinski definition) is 2. The Morgan fingerprint density at radius 1 is 1.16 bits per heavy atom. The number of amides is 1. The summed E-state index contributed by atoms with van der Waals surface area (Å²) in [6.07, 6.45) is 4.10. The van der Waals surface area contributed by atoms with E-state index in [-0.39, 0.29) is 11.5 Å². The Kier molecular flexibility index (Phi) is 3.51. The molecule has 6 nitrogen and oxygen atoms in total. The minimum Gasteiger partial charge on any atom is -0.478 e. The molecular formula is C13H11N3O3. The molecule has 2 N–H and O–H groups in total. The number of rotatable bonds is 3. The SMILES string of the molecule is Cc1ccc(C(=O)O)cc1NC(=O)c1cncnc1. The van der Waals surface area contributed by atoms with Crippen LogP contribution in [0.2, 0.25) is 0 Å². The zero-order valence-corrected chi connectivity index (χ0v) is 10.1. The Morgan fingerprint density at radius 2 is 1.84 bits per heavy atom. The maximum absolute atomic E-state index is 11.9. The van der Waals surface area contributed by atoms with Gasteiger partial charge in [0.15, 0.2) is 0 Å². The highest BCUT2D eigenvalue weighted by Gasteiger charge is 2.10. The summed E-state index contributed by atoms with van der Waals surface area (Å²) >= 11 is 0. The summed E-state index contributed by atoms with van der Waals surface area (Å²) in [5.41, 5.74) is 1.65. The molecule has 0 bridgehead atoms. The molecule has 2 aromatic rings. The summed E-state index contributed by atoms with van der Waals surface area (Å²) in [4.78, 5) is 30.3. The topological polar surface area (TPSA) is 92.2 Å². The molecule has 0 unspecified atom stereocenters. The van der Waals surface area contributed by atoms with Crippen molar-refractivity contribution < 1.29 is 14.7 Å². The minimum absolute atomic E-state index is 0.116. The lowest BCUT2D eigenvalue weighted by molar-refractivity contribution is 0.0696. The van der Waals surface area contributed by atoms with Crippen LogP contribution in [-0.2, 0) is 0 Å². The number of carboxylic acid groups (broad SMARTS) is 1. The first kappa shape index (κ1) is 12.7. The van der Waals surface area contributed by atoms with Gasteiger partial charge in [0.05, 0.1) is 11.1 Å². The van der Waals surface area contributed by atoms with Crippen molar-refractivity contribution in [3.05, 3.63) is 53.6 Å². The zero-order chi connectivity index (χ0) is 13.8. The van der Waals surface area contributed by atoms with Crippen molar-refractivity contribution in [1.82, 2.24) is 9.97 Å². The molecule has 2 rings (SSSR count). The van der Waals surface area contributed by atoms with E-state index in [1.807, 2.05) is 0 Å². The van der Waals surface area contributed by atoms with Crippen molar-refractivity contribution in [2.75, 3.05) is 5.32 Å². The fraction of sp³-hybridized carbons (Fsp3) is 0.0769. The van der Waals surface area contributed by atoms with E-state index >= 15 is 0 Å². The normalized spacial score (nSPS) is 9.95. The largest absolute Gasteiger partial charge is 0.478 e. The molecule has 1 heterocycles. The molecule has 6 heteroatoms. The van der Waals surface area contributed by atoms with Crippen molar-refractivity contribution >= 4 is 17.6 Å². The smallest absolute Gasteiger partial charge is 0.335 e. The molecule has 0 aliphatic rings. The molecule has 96 valence electrons. The van der Waals surface area contributed by atoms with Crippen LogP contribution in [0.25, 0.3) is 0 Å². The molecule has 0 spiro atoms. The molecule has 0 radical (unpaired) electrons. The van der Waals surface area contributed by atoms with Crippen molar-refractivity contribution in [1.29, 1.82) is 0 Å². The van der Waals surface area contributed by atoms with Crippen LogP contribution in [-0.4, -0.2) is 27.0 Å². The lowest BCUT2D eigenvalue weighted by Gasteiger charge is -2.08. The summed E-state index contributed by atoms with van der Waals surface area (Å²) in [6, 6.07) is 4.54. The standard InChI is InChI=1S/C13H11N3O3/c1-8-2-3-9(13(18)19)4-11(8)16-12(17)10-5-14-7-15-6-10/h2-7H,1H3,(H,16,17)(H,18,19).